The Morgan fingerprint density at radius 3 is 2.62 bits per heavy atom. The molecule has 0 aliphatic rings. The van der Waals surface area contributed by atoms with E-state index in [1.807, 2.05) is 23.0 Å². The number of anilines is 1. The van der Waals surface area contributed by atoms with Crippen molar-refractivity contribution in [3.8, 4) is 0 Å². The summed E-state index contributed by atoms with van der Waals surface area (Å²) in [5.74, 6) is 0.0220. The second kappa shape index (κ2) is 8.64. The van der Waals surface area contributed by atoms with Gasteiger partial charge in [0.25, 0.3) is 5.91 Å². The van der Waals surface area contributed by atoms with Gasteiger partial charge in [-0.2, -0.15) is 0 Å². The fourth-order valence-electron chi connectivity index (χ4n) is 2.24. The predicted octanol–water partition coefficient (Wildman–Crippen LogP) is 4.47. The molecule has 1 heterocycles. The Labute approximate surface area is 159 Å². The zero-order chi connectivity index (χ0) is 18.4. The number of thioether (sulfide) groups is 1. The first-order valence-corrected chi connectivity index (χ1v) is 9.69. The van der Waals surface area contributed by atoms with E-state index in [0.717, 1.165) is 16.3 Å². The lowest BCUT2D eigenvalue weighted by molar-refractivity contribution is 0.0602. The number of hydrogen-bond donors (Lipinski definition) is 1. The summed E-state index contributed by atoms with van der Waals surface area (Å²) in [4.78, 5) is 29.5. The van der Waals surface area contributed by atoms with E-state index >= 15 is 0 Å². The zero-order valence-corrected chi connectivity index (χ0v) is 15.6. The van der Waals surface area contributed by atoms with E-state index in [1.54, 1.807) is 59.5 Å². The quantitative estimate of drug-likeness (QED) is 0.501. The Kier molecular flexibility index (Phi) is 6.04. The van der Waals surface area contributed by atoms with Crippen LogP contribution in [0.25, 0.3) is 0 Å². The number of thiazole rings is 1. The number of para-hydroxylation sites is 1. The molecule has 0 unspecified atom stereocenters. The van der Waals surface area contributed by atoms with Crippen LogP contribution in [0.5, 0.6) is 0 Å². The van der Waals surface area contributed by atoms with E-state index in [2.05, 4.69) is 10.3 Å². The predicted molar refractivity (Wildman–Crippen MR) is 104 cm³/mol. The molecule has 7 heteroatoms. The third-order valence-electron chi connectivity index (χ3n) is 3.57. The normalized spacial score (nSPS) is 10.3. The number of benzene rings is 2. The Morgan fingerprint density at radius 1 is 1.15 bits per heavy atom. The Hall–Kier alpha value is -2.64. The first-order valence-electron chi connectivity index (χ1n) is 7.76. The van der Waals surface area contributed by atoms with Crippen molar-refractivity contribution in [3.05, 3.63) is 76.2 Å². The maximum atomic E-state index is 12.5. The van der Waals surface area contributed by atoms with Crippen molar-refractivity contribution in [2.75, 3.05) is 12.4 Å². The molecule has 3 rings (SSSR count). The van der Waals surface area contributed by atoms with Crippen LogP contribution in [0.15, 0.2) is 64.3 Å². The molecule has 5 nitrogen and oxygen atoms in total. The van der Waals surface area contributed by atoms with Crippen molar-refractivity contribution in [2.45, 2.75) is 10.6 Å². The minimum Gasteiger partial charge on any atom is -0.465 e. The van der Waals surface area contributed by atoms with Gasteiger partial charge in [0.15, 0.2) is 0 Å². The number of esters is 1. The highest BCUT2D eigenvalue weighted by molar-refractivity contribution is 7.98. The van der Waals surface area contributed by atoms with Crippen LogP contribution in [0.4, 0.5) is 5.69 Å². The van der Waals surface area contributed by atoms with Gasteiger partial charge in [-0.05, 0) is 36.4 Å². The average Bonchev–Trinajstić information content (AvgIpc) is 3.20. The van der Waals surface area contributed by atoms with Crippen LogP contribution >= 0.6 is 23.1 Å². The van der Waals surface area contributed by atoms with Crippen LogP contribution in [0.3, 0.4) is 0 Å². The monoisotopic (exact) mass is 384 g/mol. The minimum absolute atomic E-state index is 0.280. The van der Waals surface area contributed by atoms with Crippen LogP contribution < -0.4 is 5.32 Å². The summed E-state index contributed by atoms with van der Waals surface area (Å²) in [7, 11) is 1.31. The Bertz CT molecular complexity index is 893. The molecule has 132 valence electrons. The highest BCUT2D eigenvalue weighted by Crippen LogP contribution is 2.23. The lowest BCUT2D eigenvalue weighted by atomic mass is 10.1. The molecule has 0 aliphatic carbocycles. The standard InChI is InChI=1S/C19H16N2O3S2/c1-24-19(23)16-4-2-3-5-17(16)21-18(22)13-6-8-15(9-7-13)26-11-14-10-25-12-20-14/h2-10,12H,11H2,1H3,(H,21,22). The lowest BCUT2D eigenvalue weighted by Crippen LogP contribution is -2.15. The smallest absolute Gasteiger partial charge is 0.339 e. The number of ether oxygens (including phenoxy) is 1. The largest absolute Gasteiger partial charge is 0.465 e. The van der Waals surface area contributed by atoms with Gasteiger partial charge in [-0.25, -0.2) is 9.78 Å². The third-order valence-corrected chi connectivity index (χ3v) is 5.25. The van der Waals surface area contributed by atoms with Crippen molar-refractivity contribution in [3.63, 3.8) is 0 Å². The number of nitrogens with zero attached hydrogens (tertiary/aromatic N) is 1. The SMILES string of the molecule is COC(=O)c1ccccc1NC(=O)c1ccc(SCc2cscn2)cc1. The van der Waals surface area contributed by atoms with E-state index in [9.17, 15) is 9.59 Å². The number of carbonyl (C=O) groups is 2. The van der Waals surface area contributed by atoms with Gasteiger partial charge in [-0.1, -0.05) is 12.1 Å². The van der Waals surface area contributed by atoms with Crippen LogP contribution in [-0.4, -0.2) is 24.0 Å². The van der Waals surface area contributed by atoms with Crippen LogP contribution in [0, 0.1) is 0 Å². The number of rotatable bonds is 6. The van der Waals surface area contributed by atoms with E-state index in [4.69, 9.17) is 4.74 Å². The maximum Gasteiger partial charge on any atom is 0.339 e. The molecule has 1 aromatic heterocycles. The van der Waals surface area contributed by atoms with E-state index in [1.165, 1.54) is 7.11 Å². The Balaban J connectivity index is 1.66. The number of methoxy groups -OCH3 is 1. The van der Waals surface area contributed by atoms with Crippen molar-refractivity contribution in [1.82, 2.24) is 4.98 Å². The number of hydrogen-bond acceptors (Lipinski definition) is 6. The molecule has 0 radical (unpaired) electrons. The third kappa shape index (κ3) is 4.50. The molecule has 26 heavy (non-hydrogen) atoms. The molecule has 0 saturated carbocycles. The molecule has 1 N–H and O–H groups in total. The van der Waals surface area contributed by atoms with Crippen molar-refractivity contribution >= 4 is 40.7 Å². The molecule has 0 fully saturated rings. The van der Waals surface area contributed by atoms with E-state index in [-0.39, 0.29) is 5.91 Å². The van der Waals surface area contributed by atoms with Crippen LogP contribution in [0.1, 0.15) is 26.4 Å². The molecule has 3 aromatic rings. The molecule has 0 atom stereocenters. The number of aromatic nitrogens is 1. The van der Waals surface area contributed by atoms with Gasteiger partial charge < -0.3 is 10.1 Å². The summed E-state index contributed by atoms with van der Waals surface area (Å²) in [6.45, 7) is 0. The van der Waals surface area contributed by atoms with Crippen molar-refractivity contribution < 1.29 is 14.3 Å². The van der Waals surface area contributed by atoms with Gasteiger partial charge in [-0.15, -0.1) is 23.1 Å². The average molecular weight is 384 g/mol. The highest BCUT2D eigenvalue weighted by Gasteiger charge is 2.14. The molecule has 0 saturated heterocycles. The summed E-state index contributed by atoms with van der Waals surface area (Å²) in [6.07, 6.45) is 0. The van der Waals surface area contributed by atoms with Crippen molar-refractivity contribution in [1.29, 1.82) is 0 Å². The maximum absolute atomic E-state index is 12.5. The van der Waals surface area contributed by atoms with Gasteiger partial charge in [0.1, 0.15) is 0 Å². The topological polar surface area (TPSA) is 68.3 Å². The second-order valence-corrected chi connectivity index (χ2v) is 7.05. The molecule has 0 aliphatic heterocycles. The number of carbonyl (C=O) groups excluding carboxylic acids is 2. The lowest BCUT2D eigenvalue weighted by Gasteiger charge is -2.10. The van der Waals surface area contributed by atoms with E-state index < -0.39 is 5.97 Å². The van der Waals surface area contributed by atoms with Gasteiger partial charge in [0, 0.05) is 21.6 Å². The molecular weight excluding hydrogens is 368 g/mol. The fourth-order valence-corrected chi connectivity index (χ4v) is 3.71. The molecule has 0 bridgehead atoms. The van der Waals surface area contributed by atoms with Crippen LogP contribution in [-0.2, 0) is 10.5 Å². The second-order valence-electron chi connectivity index (χ2n) is 5.28. The van der Waals surface area contributed by atoms with Gasteiger partial charge in [0.2, 0.25) is 0 Å². The molecular formula is C19H16N2O3S2. The molecule has 0 spiro atoms. The summed E-state index contributed by atoms with van der Waals surface area (Å²) in [5, 5.41) is 4.78. The minimum atomic E-state index is -0.491. The zero-order valence-electron chi connectivity index (χ0n) is 14.0. The van der Waals surface area contributed by atoms with Crippen molar-refractivity contribution in [2.24, 2.45) is 0 Å². The number of amides is 1. The summed E-state index contributed by atoms with van der Waals surface area (Å²) >= 11 is 3.24. The number of nitrogens with one attached hydrogen (secondary N) is 1. The highest BCUT2D eigenvalue weighted by atomic mass is 32.2. The summed E-state index contributed by atoms with van der Waals surface area (Å²) < 4.78 is 4.74. The summed E-state index contributed by atoms with van der Waals surface area (Å²) in [6, 6.07) is 14.1. The molecule has 1 amide bonds. The van der Waals surface area contributed by atoms with E-state index in [0.29, 0.717) is 16.8 Å². The molecule has 2 aromatic carbocycles. The van der Waals surface area contributed by atoms with Crippen LogP contribution in [0.2, 0.25) is 0 Å². The van der Waals surface area contributed by atoms with Gasteiger partial charge in [-0.3, -0.25) is 4.79 Å². The first kappa shape index (κ1) is 18.2. The van der Waals surface area contributed by atoms with Gasteiger partial charge >= 0.3 is 5.97 Å². The summed E-state index contributed by atoms with van der Waals surface area (Å²) in [5.41, 5.74) is 4.12. The fraction of sp³-hybridized carbons (Fsp3) is 0.105. The Morgan fingerprint density at radius 2 is 1.92 bits per heavy atom. The first-order chi connectivity index (χ1) is 12.7. The van der Waals surface area contributed by atoms with Gasteiger partial charge in [0.05, 0.1) is 29.6 Å².